The Kier molecular flexibility index (Phi) is 5.94. The number of furan rings is 1. The number of carbonyl (C=O) groups is 1. The molecule has 0 aliphatic rings. The van der Waals surface area contributed by atoms with Gasteiger partial charge in [0.05, 0.1) is 13.7 Å². The molecule has 0 atom stereocenters. The number of rotatable bonds is 7. The fraction of sp³-hybridized carbons (Fsp3) is 0.115. The minimum absolute atomic E-state index is 0.0496. The molecule has 1 aromatic heterocycles. The summed E-state index contributed by atoms with van der Waals surface area (Å²) in [6.45, 7) is 2.10. The highest BCUT2D eigenvalue weighted by Gasteiger charge is 2.20. The molecular weight excluding hydrogens is 411 g/mol. The first-order valence-electron chi connectivity index (χ1n) is 10.0. The number of hydrogen-bond donors (Lipinski definition) is 1. The first kappa shape index (κ1) is 21.2. The lowest BCUT2D eigenvalue weighted by Crippen LogP contribution is -2.07. The summed E-state index contributed by atoms with van der Waals surface area (Å²) >= 11 is 0. The van der Waals surface area contributed by atoms with E-state index in [-0.39, 0.29) is 17.1 Å². The van der Waals surface area contributed by atoms with Crippen LogP contribution >= 0.6 is 0 Å². The molecule has 0 saturated carbocycles. The van der Waals surface area contributed by atoms with Gasteiger partial charge >= 0.3 is 5.97 Å². The molecule has 0 aliphatic heterocycles. The first-order chi connectivity index (χ1) is 15.5. The summed E-state index contributed by atoms with van der Waals surface area (Å²) in [4.78, 5) is 11.9. The van der Waals surface area contributed by atoms with Gasteiger partial charge in [0.1, 0.15) is 22.7 Å². The Labute approximate surface area is 184 Å². The zero-order valence-electron chi connectivity index (χ0n) is 17.6. The van der Waals surface area contributed by atoms with Gasteiger partial charge in [-0.1, -0.05) is 42.5 Å². The van der Waals surface area contributed by atoms with E-state index in [1.165, 1.54) is 19.2 Å². The van der Waals surface area contributed by atoms with Gasteiger partial charge in [-0.15, -0.1) is 0 Å². The predicted molar refractivity (Wildman–Crippen MR) is 122 cm³/mol. The number of fused-ring (bicyclic) bond motifs is 1. The van der Waals surface area contributed by atoms with Crippen LogP contribution in [0, 0.1) is 5.82 Å². The van der Waals surface area contributed by atoms with Crippen LogP contribution in [-0.4, -0.2) is 24.8 Å². The number of benzene rings is 3. The van der Waals surface area contributed by atoms with Crippen molar-refractivity contribution in [3.63, 3.8) is 0 Å². The number of ether oxygens (including phenoxy) is 2. The highest BCUT2D eigenvalue weighted by atomic mass is 19.1. The van der Waals surface area contributed by atoms with Crippen molar-refractivity contribution >= 4 is 29.1 Å². The molecule has 0 radical (unpaired) electrons. The van der Waals surface area contributed by atoms with Crippen molar-refractivity contribution in [3.8, 4) is 22.8 Å². The fourth-order valence-electron chi connectivity index (χ4n) is 3.49. The van der Waals surface area contributed by atoms with Crippen LogP contribution in [0.3, 0.4) is 0 Å². The quantitative estimate of drug-likeness (QED) is 0.337. The highest BCUT2D eigenvalue weighted by molar-refractivity contribution is 5.97. The van der Waals surface area contributed by atoms with Crippen LogP contribution in [0.1, 0.15) is 28.4 Å². The Morgan fingerprint density at radius 2 is 1.84 bits per heavy atom. The first-order valence-corrected chi connectivity index (χ1v) is 10.0. The zero-order valence-corrected chi connectivity index (χ0v) is 17.6. The van der Waals surface area contributed by atoms with E-state index in [1.807, 2.05) is 30.3 Å². The van der Waals surface area contributed by atoms with Gasteiger partial charge in [-0.05, 0) is 48.4 Å². The largest absolute Gasteiger partial charge is 0.493 e. The molecule has 0 saturated heterocycles. The number of carboxylic acid groups (broad SMARTS) is 1. The number of hydrogen-bond acceptors (Lipinski definition) is 4. The summed E-state index contributed by atoms with van der Waals surface area (Å²) in [6.07, 6.45) is 3.55. The maximum Gasteiger partial charge on any atom is 0.340 e. The molecular formula is C26H21FO5. The number of carboxylic acids is 1. The van der Waals surface area contributed by atoms with Gasteiger partial charge in [-0.25, -0.2) is 9.18 Å². The second kappa shape index (κ2) is 8.98. The molecule has 0 fully saturated rings. The van der Waals surface area contributed by atoms with Crippen LogP contribution < -0.4 is 9.47 Å². The fourth-order valence-corrected chi connectivity index (χ4v) is 3.49. The van der Waals surface area contributed by atoms with Crippen molar-refractivity contribution in [1.29, 1.82) is 0 Å². The third kappa shape index (κ3) is 4.21. The Balaban J connectivity index is 1.62. The van der Waals surface area contributed by atoms with Gasteiger partial charge in [0, 0.05) is 10.9 Å². The third-order valence-corrected chi connectivity index (χ3v) is 5.01. The van der Waals surface area contributed by atoms with Crippen LogP contribution in [0.4, 0.5) is 4.39 Å². The molecule has 162 valence electrons. The topological polar surface area (TPSA) is 68.9 Å². The van der Waals surface area contributed by atoms with Crippen molar-refractivity contribution in [2.45, 2.75) is 6.92 Å². The maximum absolute atomic E-state index is 13.4. The van der Waals surface area contributed by atoms with Gasteiger partial charge in [-0.2, -0.15) is 0 Å². The Hall–Kier alpha value is -4.06. The van der Waals surface area contributed by atoms with Crippen molar-refractivity contribution in [3.05, 3.63) is 83.2 Å². The number of halogens is 1. The molecule has 6 heteroatoms. The lowest BCUT2D eigenvalue weighted by molar-refractivity contribution is 0.0691. The van der Waals surface area contributed by atoms with E-state index >= 15 is 0 Å². The molecule has 32 heavy (non-hydrogen) atoms. The average molecular weight is 432 g/mol. The number of aromatic carboxylic acids is 1. The zero-order chi connectivity index (χ0) is 22.7. The van der Waals surface area contributed by atoms with Crippen molar-refractivity contribution in [2.24, 2.45) is 0 Å². The van der Waals surface area contributed by atoms with Crippen LogP contribution in [-0.2, 0) is 0 Å². The highest BCUT2D eigenvalue weighted by Crippen LogP contribution is 2.35. The predicted octanol–water partition coefficient (Wildman–Crippen LogP) is 6.51. The smallest absolute Gasteiger partial charge is 0.340 e. The summed E-state index contributed by atoms with van der Waals surface area (Å²) in [7, 11) is 1.47. The van der Waals surface area contributed by atoms with Gasteiger partial charge < -0.3 is 19.0 Å². The maximum atomic E-state index is 13.4. The summed E-state index contributed by atoms with van der Waals surface area (Å²) < 4.78 is 30.0. The van der Waals surface area contributed by atoms with E-state index in [1.54, 1.807) is 37.3 Å². The van der Waals surface area contributed by atoms with E-state index in [2.05, 4.69) is 0 Å². The summed E-state index contributed by atoms with van der Waals surface area (Å²) in [5.74, 6) is -0.177. The molecule has 0 amide bonds. The molecule has 0 bridgehead atoms. The standard InChI is InChI=1S/C26H21FO5/c1-3-31-25-22(30-2)12-10-18(24(25)26(28)29)9-6-16-4-7-17(8-5-16)23-15-19-14-20(27)11-13-21(19)32-23/h4-15H,3H2,1-2H3,(H,28,29)/b9-6+. The summed E-state index contributed by atoms with van der Waals surface area (Å²) in [6, 6.07) is 17.2. The normalized spacial score (nSPS) is 11.2. The molecule has 5 nitrogen and oxygen atoms in total. The minimum Gasteiger partial charge on any atom is -0.493 e. The molecule has 4 aromatic rings. The second-order valence-corrected chi connectivity index (χ2v) is 7.05. The van der Waals surface area contributed by atoms with Crippen LogP contribution in [0.15, 0.2) is 65.1 Å². The van der Waals surface area contributed by atoms with Crippen LogP contribution in [0.2, 0.25) is 0 Å². The minimum atomic E-state index is -1.09. The van der Waals surface area contributed by atoms with E-state index < -0.39 is 5.97 Å². The van der Waals surface area contributed by atoms with E-state index in [4.69, 9.17) is 13.9 Å². The Morgan fingerprint density at radius 3 is 2.53 bits per heavy atom. The second-order valence-electron chi connectivity index (χ2n) is 7.05. The SMILES string of the molecule is CCOc1c(OC)ccc(/C=C/c2ccc(-c3cc4cc(F)ccc4o3)cc2)c1C(=O)O. The molecule has 0 spiro atoms. The van der Waals surface area contributed by atoms with Crippen molar-refractivity contribution in [2.75, 3.05) is 13.7 Å². The van der Waals surface area contributed by atoms with Crippen LogP contribution in [0.25, 0.3) is 34.4 Å². The third-order valence-electron chi connectivity index (χ3n) is 5.01. The van der Waals surface area contributed by atoms with Gasteiger partial charge in [0.15, 0.2) is 11.5 Å². The average Bonchev–Trinajstić information content (AvgIpc) is 3.21. The number of methoxy groups -OCH3 is 1. The lowest BCUT2D eigenvalue weighted by Gasteiger charge is -2.14. The molecule has 4 rings (SSSR count). The summed E-state index contributed by atoms with van der Waals surface area (Å²) in [5.41, 5.74) is 2.91. The molecule has 3 aromatic carbocycles. The Bertz CT molecular complexity index is 1300. The van der Waals surface area contributed by atoms with Crippen molar-refractivity contribution in [1.82, 2.24) is 0 Å². The van der Waals surface area contributed by atoms with Crippen LogP contribution in [0.5, 0.6) is 11.5 Å². The van der Waals surface area contributed by atoms with E-state index in [0.29, 0.717) is 34.6 Å². The monoisotopic (exact) mass is 432 g/mol. The van der Waals surface area contributed by atoms with Crippen molar-refractivity contribution < 1.29 is 28.2 Å². The summed E-state index contributed by atoms with van der Waals surface area (Å²) in [5, 5.41) is 10.4. The molecule has 1 heterocycles. The molecule has 0 aliphatic carbocycles. The van der Waals surface area contributed by atoms with E-state index in [0.717, 1.165) is 11.1 Å². The Morgan fingerprint density at radius 1 is 1.06 bits per heavy atom. The van der Waals surface area contributed by atoms with Gasteiger partial charge in [0.2, 0.25) is 0 Å². The van der Waals surface area contributed by atoms with Gasteiger partial charge in [0.25, 0.3) is 0 Å². The lowest BCUT2D eigenvalue weighted by atomic mass is 10.0. The van der Waals surface area contributed by atoms with Gasteiger partial charge in [-0.3, -0.25) is 0 Å². The molecule has 1 N–H and O–H groups in total. The van der Waals surface area contributed by atoms with E-state index in [9.17, 15) is 14.3 Å². The molecule has 0 unspecified atom stereocenters.